The van der Waals surface area contributed by atoms with Gasteiger partial charge in [-0.2, -0.15) is 0 Å². The number of aliphatic hydroxyl groups excluding tert-OH is 1. The fourth-order valence-corrected chi connectivity index (χ4v) is 2.51. The second kappa shape index (κ2) is 6.53. The highest BCUT2D eigenvalue weighted by molar-refractivity contribution is 5.63. The van der Waals surface area contributed by atoms with Gasteiger partial charge in [-0.05, 0) is 22.6 Å². The van der Waals surface area contributed by atoms with Crippen LogP contribution in [0.2, 0.25) is 0 Å². The molecule has 100 valence electrons. The third-order valence-corrected chi connectivity index (χ3v) is 3.85. The van der Waals surface area contributed by atoms with Crippen molar-refractivity contribution in [3.05, 3.63) is 60.2 Å². The van der Waals surface area contributed by atoms with Gasteiger partial charge in [0.05, 0.1) is 6.10 Å². The molecule has 0 aliphatic rings. The van der Waals surface area contributed by atoms with Gasteiger partial charge in [-0.1, -0.05) is 81.3 Å². The molecule has 1 nitrogen and oxygen atoms in total. The molecule has 0 spiro atoms. The Bertz CT molecular complexity index is 483. The van der Waals surface area contributed by atoms with Crippen molar-refractivity contribution in [2.24, 2.45) is 5.92 Å². The minimum absolute atomic E-state index is 0.347. The van der Waals surface area contributed by atoms with Crippen LogP contribution in [0.1, 0.15) is 38.4 Å². The molecule has 0 saturated heterocycles. The van der Waals surface area contributed by atoms with Gasteiger partial charge in [0.25, 0.3) is 0 Å². The van der Waals surface area contributed by atoms with E-state index in [1.807, 2.05) is 30.3 Å². The van der Waals surface area contributed by atoms with Crippen LogP contribution in [0.4, 0.5) is 0 Å². The van der Waals surface area contributed by atoms with Gasteiger partial charge in [0.2, 0.25) is 0 Å². The first-order valence-corrected chi connectivity index (χ1v) is 7.09. The molecule has 0 heterocycles. The summed E-state index contributed by atoms with van der Waals surface area (Å²) in [6.07, 6.45) is 1.68. The highest BCUT2D eigenvalue weighted by Crippen LogP contribution is 2.28. The maximum absolute atomic E-state index is 10.3. The molecule has 2 aromatic rings. The van der Waals surface area contributed by atoms with E-state index in [9.17, 15) is 5.11 Å². The van der Waals surface area contributed by atoms with Gasteiger partial charge in [-0.25, -0.2) is 0 Å². The van der Waals surface area contributed by atoms with Crippen molar-refractivity contribution in [2.75, 3.05) is 0 Å². The molecule has 1 unspecified atom stereocenters. The Morgan fingerprint density at radius 2 is 1.32 bits per heavy atom. The van der Waals surface area contributed by atoms with Crippen LogP contribution < -0.4 is 0 Å². The lowest BCUT2D eigenvalue weighted by atomic mass is 9.90. The molecule has 0 saturated carbocycles. The van der Waals surface area contributed by atoms with Gasteiger partial charge in [0, 0.05) is 0 Å². The molecular weight excluding hydrogens is 232 g/mol. The number of hydrogen-bond donors (Lipinski definition) is 1. The largest absolute Gasteiger partial charge is 0.388 e. The highest BCUT2D eigenvalue weighted by atomic mass is 16.3. The summed E-state index contributed by atoms with van der Waals surface area (Å²) in [4.78, 5) is 0. The van der Waals surface area contributed by atoms with E-state index < -0.39 is 0 Å². The summed E-state index contributed by atoms with van der Waals surface area (Å²) in [5.74, 6) is 0.350. The Kier molecular flexibility index (Phi) is 4.75. The van der Waals surface area contributed by atoms with Crippen LogP contribution in [-0.4, -0.2) is 5.11 Å². The highest BCUT2D eigenvalue weighted by Gasteiger charge is 2.17. The van der Waals surface area contributed by atoms with Crippen molar-refractivity contribution in [2.45, 2.75) is 32.8 Å². The van der Waals surface area contributed by atoms with Crippen molar-refractivity contribution < 1.29 is 5.11 Å². The van der Waals surface area contributed by atoms with E-state index in [4.69, 9.17) is 0 Å². The van der Waals surface area contributed by atoms with E-state index in [0.717, 1.165) is 18.4 Å². The average molecular weight is 254 g/mol. The fourth-order valence-electron chi connectivity index (χ4n) is 2.51. The molecule has 0 fully saturated rings. The number of aliphatic hydroxyl groups is 1. The predicted molar refractivity (Wildman–Crippen MR) is 80.9 cm³/mol. The maximum Gasteiger partial charge on any atom is 0.0818 e. The minimum atomic E-state index is -0.347. The van der Waals surface area contributed by atoms with Crippen molar-refractivity contribution in [1.82, 2.24) is 0 Å². The van der Waals surface area contributed by atoms with Crippen LogP contribution in [0.3, 0.4) is 0 Å². The van der Waals surface area contributed by atoms with Crippen LogP contribution in [0.25, 0.3) is 11.1 Å². The maximum atomic E-state index is 10.3. The van der Waals surface area contributed by atoms with Crippen molar-refractivity contribution in [3.8, 4) is 11.1 Å². The smallest absolute Gasteiger partial charge is 0.0818 e. The lowest BCUT2D eigenvalue weighted by Gasteiger charge is -2.20. The predicted octanol–water partition coefficient (Wildman–Crippen LogP) is 4.82. The first-order chi connectivity index (χ1) is 9.26. The van der Waals surface area contributed by atoms with Crippen molar-refractivity contribution in [3.63, 3.8) is 0 Å². The van der Waals surface area contributed by atoms with Gasteiger partial charge in [-0.3, -0.25) is 0 Å². The van der Waals surface area contributed by atoms with Crippen LogP contribution >= 0.6 is 0 Å². The Hall–Kier alpha value is -1.60. The molecule has 0 bridgehead atoms. The Labute approximate surface area is 115 Å². The molecule has 1 N–H and O–H groups in total. The van der Waals surface area contributed by atoms with Crippen LogP contribution in [0.5, 0.6) is 0 Å². The summed E-state index contributed by atoms with van der Waals surface area (Å²) in [6, 6.07) is 18.6. The van der Waals surface area contributed by atoms with E-state index in [-0.39, 0.29) is 6.10 Å². The molecule has 19 heavy (non-hydrogen) atoms. The van der Waals surface area contributed by atoms with E-state index in [0.29, 0.717) is 5.92 Å². The number of hydrogen-bond acceptors (Lipinski definition) is 1. The van der Waals surface area contributed by atoms with Crippen molar-refractivity contribution >= 4 is 0 Å². The molecule has 1 atom stereocenters. The molecule has 2 aromatic carbocycles. The molecule has 0 aliphatic heterocycles. The Morgan fingerprint density at radius 3 is 1.84 bits per heavy atom. The Balaban J connectivity index is 2.19. The molecule has 2 rings (SSSR count). The van der Waals surface area contributed by atoms with Gasteiger partial charge in [0.1, 0.15) is 0 Å². The van der Waals surface area contributed by atoms with Gasteiger partial charge in [-0.15, -0.1) is 0 Å². The molecule has 0 radical (unpaired) electrons. The molecule has 0 amide bonds. The monoisotopic (exact) mass is 254 g/mol. The van der Waals surface area contributed by atoms with Crippen LogP contribution in [0, 0.1) is 5.92 Å². The summed E-state index contributed by atoms with van der Waals surface area (Å²) in [5, 5.41) is 10.3. The zero-order valence-electron chi connectivity index (χ0n) is 11.7. The molecule has 0 aromatic heterocycles. The average Bonchev–Trinajstić information content (AvgIpc) is 2.49. The van der Waals surface area contributed by atoms with Crippen molar-refractivity contribution in [1.29, 1.82) is 0 Å². The lowest BCUT2D eigenvalue weighted by Crippen LogP contribution is -2.10. The van der Waals surface area contributed by atoms with Gasteiger partial charge < -0.3 is 5.11 Å². The molecular formula is C18H22O. The lowest BCUT2D eigenvalue weighted by molar-refractivity contribution is 0.103. The second-order valence-electron chi connectivity index (χ2n) is 5.01. The molecule has 0 aliphatic carbocycles. The number of benzene rings is 2. The number of rotatable bonds is 5. The summed E-state index contributed by atoms with van der Waals surface area (Å²) < 4.78 is 0. The summed E-state index contributed by atoms with van der Waals surface area (Å²) >= 11 is 0. The summed E-state index contributed by atoms with van der Waals surface area (Å²) in [7, 11) is 0. The standard InChI is InChI=1S/C18H22O/c1-3-14(4-2)18(19)17-12-10-16(11-13-17)15-8-6-5-7-9-15/h5-14,18-19H,3-4H2,1-2H3. The van der Waals surface area contributed by atoms with Crippen LogP contribution in [-0.2, 0) is 0 Å². The van der Waals surface area contributed by atoms with E-state index in [2.05, 4.69) is 38.1 Å². The van der Waals surface area contributed by atoms with E-state index in [1.54, 1.807) is 0 Å². The zero-order valence-corrected chi connectivity index (χ0v) is 11.7. The first kappa shape index (κ1) is 13.8. The van der Waals surface area contributed by atoms with Gasteiger partial charge in [0.15, 0.2) is 0 Å². The normalized spacial score (nSPS) is 12.6. The SMILES string of the molecule is CCC(CC)C(O)c1ccc(-c2ccccc2)cc1. The second-order valence-corrected chi connectivity index (χ2v) is 5.01. The quantitative estimate of drug-likeness (QED) is 0.810. The van der Waals surface area contributed by atoms with Gasteiger partial charge >= 0.3 is 0 Å². The minimum Gasteiger partial charge on any atom is -0.388 e. The van der Waals surface area contributed by atoms with E-state index >= 15 is 0 Å². The molecule has 1 heteroatoms. The van der Waals surface area contributed by atoms with E-state index in [1.165, 1.54) is 11.1 Å². The first-order valence-electron chi connectivity index (χ1n) is 7.09. The third-order valence-electron chi connectivity index (χ3n) is 3.85. The van der Waals surface area contributed by atoms with Crippen LogP contribution in [0.15, 0.2) is 54.6 Å². The summed E-state index contributed by atoms with van der Waals surface area (Å²) in [6.45, 7) is 4.27. The zero-order chi connectivity index (χ0) is 13.7. The third kappa shape index (κ3) is 3.24. The summed E-state index contributed by atoms with van der Waals surface area (Å²) in [5.41, 5.74) is 3.43. The Morgan fingerprint density at radius 1 is 0.789 bits per heavy atom. The topological polar surface area (TPSA) is 20.2 Å². The fraction of sp³-hybridized carbons (Fsp3) is 0.333.